The van der Waals surface area contributed by atoms with Crippen LogP contribution in [0.1, 0.15) is 36.0 Å². The number of rotatable bonds is 5. The molecule has 0 aromatic heterocycles. The molecule has 1 saturated carbocycles. The van der Waals surface area contributed by atoms with Crippen molar-refractivity contribution in [3.63, 3.8) is 0 Å². The summed E-state index contributed by atoms with van der Waals surface area (Å²) in [6.07, 6.45) is 4.78. The molecule has 0 atom stereocenters. The average Bonchev–Trinajstić information content (AvgIpc) is 2.98. The van der Waals surface area contributed by atoms with Crippen LogP contribution in [0.25, 0.3) is 0 Å². The molecule has 3 nitrogen and oxygen atoms in total. The van der Waals surface area contributed by atoms with Crippen LogP contribution < -0.4 is 4.90 Å². The lowest BCUT2D eigenvalue weighted by atomic mass is 10.1. The second-order valence-corrected chi connectivity index (χ2v) is 6.36. The van der Waals surface area contributed by atoms with Crippen molar-refractivity contribution in [2.75, 3.05) is 30.9 Å². The van der Waals surface area contributed by atoms with E-state index in [1.807, 2.05) is 43.3 Å². The van der Waals surface area contributed by atoms with Gasteiger partial charge in [-0.05, 0) is 31.0 Å². The number of hydrogen-bond acceptors (Lipinski definition) is 2. The molecule has 1 aliphatic carbocycles. The van der Waals surface area contributed by atoms with E-state index in [2.05, 4.69) is 20.8 Å². The van der Waals surface area contributed by atoms with Gasteiger partial charge in [0.1, 0.15) is 0 Å². The van der Waals surface area contributed by atoms with E-state index in [0.29, 0.717) is 6.04 Å². The van der Waals surface area contributed by atoms with E-state index in [0.717, 1.165) is 36.0 Å². The molecule has 1 amide bonds. The van der Waals surface area contributed by atoms with Gasteiger partial charge in [-0.2, -0.15) is 0 Å². The lowest BCUT2D eigenvalue weighted by Gasteiger charge is -2.29. The Balaban J connectivity index is 2.20. The Hall–Kier alpha value is -1.03. The van der Waals surface area contributed by atoms with Crippen molar-refractivity contribution in [3.8, 4) is 0 Å². The number of benzene rings is 1. The minimum Gasteiger partial charge on any atom is -0.378 e. The zero-order chi connectivity index (χ0) is 14.5. The van der Waals surface area contributed by atoms with Gasteiger partial charge < -0.3 is 9.80 Å². The SMILES string of the molecule is CN(C)c1cccc(C(=O)N(CCBr)C2CCCC2)c1. The lowest BCUT2D eigenvalue weighted by Crippen LogP contribution is -2.40. The number of anilines is 1. The summed E-state index contributed by atoms with van der Waals surface area (Å²) in [6, 6.07) is 8.32. The second-order valence-electron chi connectivity index (χ2n) is 5.57. The average molecular weight is 339 g/mol. The van der Waals surface area contributed by atoms with E-state index in [4.69, 9.17) is 0 Å². The predicted molar refractivity (Wildman–Crippen MR) is 87.9 cm³/mol. The fourth-order valence-corrected chi connectivity index (χ4v) is 3.22. The fourth-order valence-electron chi connectivity index (χ4n) is 2.84. The van der Waals surface area contributed by atoms with E-state index < -0.39 is 0 Å². The highest BCUT2D eigenvalue weighted by molar-refractivity contribution is 9.09. The molecular weight excluding hydrogens is 316 g/mol. The Morgan fingerprint density at radius 1 is 1.30 bits per heavy atom. The summed E-state index contributed by atoms with van der Waals surface area (Å²) in [5.41, 5.74) is 1.87. The Morgan fingerprint density at radius 3 is 2.60 bits per heavy atom. The Bertz CT molecular complexity index is 456. The van der Waals surface area contributed by atoms with E-state index in [-0.39, 0.29) is 5.91 Å². The summed E-state index contributed by atoms with van der Waals surface area (Å²) in [4.78, 5) is 16.9. The van der Waals surface area contributed by atoms with Crippen molar-refractivity contribution in [2.24, 2.45) is 0 Å². The van der Waals surface area contributed by atoms with Gasteiger partial charge in [-0.15, -0.1) is 0 Å². The molecule has 0 aliphatic heterocycles. The van der Waals surface area contributed by atoms with Gasteiger partial charge in [0.2, 0.25) is 0 Å². The summed E-state index contributed by atoms with van der Waals surface area (Å²) in [6.45, 7) is 0.787. The zero-order valence-corrected chi connectivity index (χ0v) is 13.9. The quantitative estimate of drug-likeness (QED) is 0.766. The normalized spacial score (nSPS) is 15.3. The van der Waals surface area contributed by atoms with E-state index >= 15 is 0 Å². The van der Waals surface area contributed by atoms with Gasteiger partial charge in [-0.25, -0.2) is 0 Å². The highest BCUT2D eigenvalue weighted by Gasteiger charge is 2.26. The molecule has 20 heavy (non-hydrogen) atoms. The van der Waals surface area contributed by atoms with Gasteiger partial charge in [0.25, 0.3) is 5.91 Å². The van der Waals surface area contributed by atoms with Crippen molar-refractivity contribution in [2.45, 2.75) is 31.7 Å². The maximum absolute atomic E-state index is 12.8. The highest BCUT2D eigenvalue weighted by Crippen LogP contribution is 2.25. The van der Waals surface area contributed by atoms with E-state index in [1.54, 1.807) is 0 Å². The van der Waals surface area contributed by atoms with E-state index in [1.165, 1.54) is 12.8 Å². The molecule has 0 unspecified atom stereocenters. The topological polar surface area (TPSA) is 23.6 Å². The molecule has 1 aromatic rings. The van der Waals surface area contributed by atoms with Crippen LogP contribution in [-0.2, 0) is 0 Å². The van der Waals surface area contributed by atoms with Crippen LogP contribution in [0.3, 0.4) is 0 Å². The maximum atomic E-state index is 12.8. The number of nitrogens with zero attached hydrogens (tertiary/aromatic N) is 2. The third kappa shape index (κ3) is 3.54. The first-order valence-corrected chi connectivity index (χ1v) is 8.40. The fraction of sp³-hybridized carbons (Fsp3) is 0.562. The van der Waals surface area contributed by atoms with Crippen LogP contribution >= 0.6 is 15.9 Å². The molecule has 1 aromatic carbocycles. The first kappa shape index (κ1) is 15.4. The molecule has 110 valence electrons. The summed E-state index contributed by atoms with van der Waals surface area (Å²) < 4.78 is 0. The Labute approximate surface area is 130 Å². The van der Waals surface area contributed by atoms with Crippen LogP contribution in [0.5, 0.6) is 0 Å². The molecule has 0 radical (unpaired) electrons. The van der Waals surface area contributed by atoms with Crippen molar-refractivity contribution >= 4 is 27.5 Å². The molecule has 0 saturated heterocycles. The minimum absolute atomic E-state index is 0.167. The first-order valence-electron chi connectivity index (χ1n) is 7.28. The monoisotopic (exact) mass is 338 g/mol. The maximum Gasteiger partial charge on any atom is 0.254 e. The van der Waals surface area contributed by atoms with Gasteiger partial charge in [0, 0.05) is 43.3 Å². The summed E-state index contributed by atoms with van der Waals surface area (Å²) in [5, 5.41) is 0.836. The Morgan fingerprint density at radius 2 is 2.00 bits per heavy atom. The Kier molecular flexibility index (Phi) is 5.46. The number of alkyl halides is 1. The molecule has 0 spiro atoms. The van der Waals surface area contributed by atoms with Gasteiger partial charge in [-0.3, -0.25) is 4.79 Å². The molecule has 0 N–H and O–H groups in total. The molecule has 2 rings (SSSR count). The smallest absolute Gasteiger partial charge is 0.254 e. The van der Waals surface area contributed by atoms with Crippen LogP contribution in [0.2, 0.25) is 0 Å². The van der Waals surface area contributed by atoms with Gasteiger partial charge >= 0.3 is 0 Å². The van der Waals surface area contributed by atoms with Crippen LogP contribution in [-0.4, -0.2) is 42.8 Å². The third-order valence-electron chi connectivity index (χ3n) is 3.96. The number of carbonyl (C=O) groups excluding carboxylic acids is 1. The van der Waals surface area contributed by atoms with Crippen LogP contribution in [0.15, 0.2) is 24.3 Å². The van der Waals surface area contributed by atoms with Crippen molar-refractivity contribution in [1.29, 1.82) is 0 Å². The van der Waals surface area contributed by atoms with Gasteiger partial charge in [0.05, 0.1) is 0 Å². The number of hydrogen-bond donors (Lipinski definition) is 0. The lowest BCUT2D eigenvalue weighted by molar-refractivity contribution is 0.0696. The van der Waals surface area contributed by atoms with E-state index in [9.17, 15) is 4.79 Å². The molecule has 0 heterocycles. The predicted octanol–water partition coefficient (Wildman–Crippen LogP) is 3.53. The zero-order valence-electron chi connectivity index (χ0n) is 12.3. The third-order valence-corrected chi connectivity index (χ3v) is 4.32. The molecule has 4 heteroatoms. The number of amides is 1. The van der Waals surface area contributed by atoms with Gasteiger partial charge in [0.15, 0.2) is 0 Å². The van der Waals surface area contributed by atoms with Crippen molar-refractivity contribution < 1.29 is 4.79 Å². The summed E-state index contributed by atoms with van der Waals surface area (Å²) in [7, 11) is 3.99. The first-order chi connectivity index (χ1) is 9.63. The number of carbonyl (C=O) groups is 1. The van der Waals surface area contributed by atoms with Crippen molar-refractivity contribution in [3.05, 3.63) is 29.8 Å². The molecular formula is C16H23BrN2O. The minimum atomic E-state index is 0.167. The highest BCUT2D eigenvalue weighted by atomic mass is 79.9. The molecule has 1 fully saturated rings. The van der Waals surface area contributed by atoms with Crippen LogP contribution in [0, 0.1) is 0 Å². The summed E-state index contributed by atoms with van der Waals surface area (Å²) >= 11 is 3.47. The summed E-state index contributed by atoms with van der Waals surface area (Å²) in [5.74, 6) is 0.167. The van der Waals surface area contributed by atoms with Crippen molar-refractivity contribution in [1.82, 2.24) is 4.90 Å². The largest absolute Gasteiger partial charge is 0.378 e. The second kappa shape index (κ2) is 7.11. The van der Waals surface area contributed by atoms with Gasteiger partial charge in [-0.1, -0.05) is 34.8 Å². The molecule has 1 aliphatic rings. The number of halogens is 1. The standard InChI is InChI=1S/C16H23BrN2O/c1-18(2)15-9-5-6-13(12-15)16(20)19(11-10-17)14-7-3-4-8-14/h5-6,9,12,14H,3-4,7-8,10-11H2,1-2H3. The van der Waals surface area contributed by atoms with Crippen LogP contribution in [0.4, 0.5) is 5.69 Å². The molecule has 0 bridgehead atoms.